The van der Waals surface area contributed by atoms with E-state index < -0.39 is 5.97 Å². The Bertz CT molecular complexity index is 1470. The molecule has 0 unspecified atom stereocenters. The third-order valence-corrected chi connectivity index (χ3v) is 4.97. The smallest absolute Gasteiger partial charge is 0.338 e. The van der Waals surface area contributed by atoms with Crippen LogP contribution in [0.2, 0.25) is 0 Å². The van der Waals surface area contributed by atoms with Crippen molar-refractivity contribution in [1.82, 2.24) is 24.1 Å². The van der Waals surface area contributed by atoms with E-state index in [1.165, 1.54) is 10.9 Å². The maximum absolute atomic E-state index is 13.6. The normalized spacial score (nSPS) is 11.1. The van der Waals surface area contributed by atoms with Gasteiger partial charge in [0, 0.05) is 17.4 Å². The monoisotopic (exact) mass is 411 g/mol. The first-order chi connectivity index (χ1) is 15.2. The van der Waals surface area contributed by atoms with Crippen LogP contribution in [0.4, 0.5) is 0 Å². The van der Waals surface area contributed by atoms with Gasteiger partial charge in [0.05, 0.1) is 28.8 Å². The molecule has 3 aromatic heterocycles. The van der Waals surface area contributed by atoms with Crippen LogP contribution < -0.4 is 5.56 Å². The van der Waals surface area contributed by atoms with Gasteiger partial charge in [0.1, 0.15) is 6.33 Å². The number of hydrogen-bond donors (Lipinski definition) is 0. The van der Waals surface area contributed by atoms with Crippen molar-refractivity contribution in [2.45, 2.75) is 6.92 Å². The molecule has 0 aliphatic rings. The first-order valence-electron chi connectivity index (χ1n) is 9.75. The summed E-state index contributed by atoms with van der Waals surface area (Å²) in [5.41, 5.74) is 2.79. The van der Waals surface area contributed by atoms with Gasteiger partial charge in [-0.15, -0.1) is 0 Å². The number of esters is 1. The van der Waals surface area contributed by atoms with Crippen LogP contribution in [0.1, 0.15) is 17.3 Å². The molecule has 0 saturated carbocycles. The van der Waals surface area contributed by atoms with E-state index in [1.54, 1.807) is 48.0 Å². The standard InChI is InChI=1S/C23H17N5O3/c1-2-31-22(30)16-8-10-17(11-9-16)27-13-12-18-19(21(27)29)20(15-6-4-3-5-7-15)28-23(26-18)24-14-25-28/h3-14H,2H2,1H3. The van der Waals surface area contributed by atoms with E-state index in [0.717, 1.165) is 5.56 Å². The molecule has 0 aliphatic heterocycles. The number of fused-ring (bicyclic) bond motifs is 2. The molecule has 2 aromatic carbocycles. The third-order valence-electron chi connectivity index (χ3n) is 4.97. The number of ether oxygens (including phenoxy) is 1. The lowest BCUT2D eigenvalue weighted by Crippen LogP contribution is -2.20. The van der Waals surface area contributed by atoms with Gasteiger partial charge in [-0.25, -0.2) is 9.78 Å². The molecule has 152 valence electrons. The Morgan fingerprint density at radius 1 is 1.03 bits per heavy atom. The number of aromatic nitrogens is 5. The summed E-state index contributed by atoms with van der Waals surface area (Å²) < 4.78 is 8.12. The van der Waals surface area contributed by atoms with Gasteiger partial charge in [-0.3, -0.25) is 9.36 Å². The van der Waals surface area contributed by atoms with Crippen LogP contribution in [0.15, 0.2) is 78.0 Å². The van der Waals surface area contributed by atoms with Crippen LogP contribution in [0.5, 0.6) is 0 Å². The molecule has 0 atom stereocenters. The highest BCUT2D eigenvalue weighted by Gasteiger charge is 2.17. The minimum atomic E-state index is -0.399. The van der Waals surface area contributed by atoms with Crippen molar-refractivity contribution in [2.75, 3.05) is 6.61 Å². The van der Waals surface area contributed by atoms with Crippen molar-refractivity contribution in [2.24, 2.45) is 0 Å². The lowest BCUT2D eigenvalue weighted by Gasteiger charge is -2.12. The van der Waals surface area contributed by atoms with Crippen LogP contribution in [-0.4, -0.2) is 36.7 Å². The molecule has 0 bridgehead atoms. The summed E-state index contributed by atoms with van der Waals surface area (Å²) in [6.45, 7) is 2.06. The van der Waals surface area contributed by atoms with Crippen molar-refractivity contribution in [3.8, 4) is 16.9 Å². The SMILES string of the molecule is CCOC(=O)c1ccc(-n2ccc3nc4ncnn4c(-c4ccccc4)c3c2=O)cc1. The number of nitrogens with zero attached hydrogens (tertiary/aromatic N) is 5. The Morgan fingerprint density at radius 2 is 1.81 bits per heavy atom. The molecule has 0 spiro atoms. The van der Waals surface area contributed by atoms with Crippen molar-refractivity contribution in [1.29, 1.82) is 0 Å². The van der Waals surface area contributed by atoms with Crippen molar-refractivity contribution in [3.05, 3.63) is 89.1 Å². The molecule has 0 aliphatic carbocycles. The Labute approximate surface area is 176 Å². The number of pyridine rings is 1. The van der Waals surface area contributed by atoms with E-state index in [0.29, 0.717) is 40.2 Å². The second-order valence-corrected chi connectivity index (χ2v) is 6.82. The number of rotatable bonds is 4. The highest BCUT2D eigenvalue weighted by Crippen LogP contribution is 2.26. The zero-order valence-corrected chi connectivity index (χ0v) is 16.6. The summed E-state index contributed by atoms with van der Waals surface area (Å²) in [6.07, 6.45) is 3.08. The van der Waals surface area contributed by atoms with Crippen LogP contribution in [0, 0.1) is 0 Å². The van der Waals surface area contributed by atoms with Gasteiger partial charge in [-0.05, 0) is 37.3 Å². The number of hydrogen-bond acceptors (Lipinski definition) is 6. The van der Waals surface area contributed by atoms with Crippen LogP contribution in [0.25, 0.3) is 33.6 Å². The second-order valence-electron chi connectivity index (χ2n) is 6.82. The van der Waals surface area contributed by atoms with E-state index in [4.69, 9.17) is 4.74 Å². The molecule has 0 saturated heterocycles. The van der Waals surface area contributed by atoms with E-state index in [1.807, 2.05) is 30.3 Å². The fourth-order valence-corrected chi connectivity index (χ4v) is 3.56. The lowest BCUT2D eigenvalue weighted by atomic mass is 10.1. The highest BCUT2D eigenvalue weighted by atomic mass is 16.5. The lowest BCUT2D eigenvalue weighted by molar-refractivity contribution is 0.0526. The average Bonchev–Trinajstić information content (AvgIpc) is 3.27. The van der Waals surface area contributed by atoms with E-state index in [9.17, 15) is 9.59 Å². The van der Waals surface area contributed by atoms with Gasteiger partial charge in [-0.2, -0.15) is 14.6 Å². The summed E-state index contributed by atoms with van der Waals surface area (Å²) in [7, 11) is 0. The highest BCUT2D eigenvalue weighted by molar-refractivity contribution is 5.93. The molecule has 5 aromatic rings. The Balaban J connectivity index is 1.74. The molecule has 5 rings (SSSR count). The summed E-state index contributed by atoms with van der Waals surface area (Å²) in [5.74, 6) is 0.0198. The summed E-state index contributed by atoms with van der Waals surface area (Å²) in [4.78, 5) is 34.2. The molecule has 0 N–H and O–H groups in total. The Hall–Kier alpha value is -4.33. The largest absolute Gasteiger partial charge is 0.462 e. The molecule has 31 heavy (non-hydrogen) atoms. The van der Waals surface area contributed by atoms with Crippen molar-refractivity contribution >= 4 is 22.6 Å². The maximum atomic E-state index is 13.6. The van der Waals surface area contributed by atoms with Crippen molar-refractivity contribution < 1.29 is 9.53 Å². The fourth-order valence-electron chi connectivity index (χ4n) is 3.56. The fraction of sp³-hybridized carbons (Fsp3) is 0.0870. The second kappa shape index (κ2) is 7.49. The summed E-state index contributed by atoms with van der Waals surface area (Å²) in [6, 6.07) is 18.0. The van der Waals surface area contributed by atoms with Gasteiger partial charge < -0.3 is 4.74 Å². The van der Waals surface area contributed by atoms with Crippen LogP contribution in [0.3, 0.4) is 0 Å². The van der Waals surface area contributed by atoms with Gasteiger partial charge in [-0.1, -0.05) is 30.3 Å². The Morgan fingerprint density at radius 3 is 2.55 bits per heavy atom. The molecule has 0 radical (unpaired) electrons. The van der Waals surface area contributed by atoms with Crippen molar-refractivity contribution in [3.63, 3.8) is 0 Å². The van der Waals surface area contributed by atoms with E-state index in [-0.39, 0.29) is 5.56 Å². The number of carbonyl (C=O) groups is 1. The molecular weight excluding hydrogens is 394 g/mol. The molecule has 8 nitrogen and oxygen atoms in total. The van der Waals surface area contributed by atoms with E-state index >= 15 is 0 Å². The zero-order chi connectivity index (χ0) is 21.4. The quantitative estimate of drug-likeness (QED) is 0.422. The predicted molar refractivity (Wildman–Crippen MR) is 115 cm³/mol. The van der Waals surface area contributed by atoms with Gasteiger partial charge in [0.25, 0.3) is 11.3 Å². The summed E-state index contributed by atoms with van der Waals surface area (Å²) in [5, 5.41) is 4.71. The molecule has 0 fully saturated rings. The number of carbonyl (C=O) groups excluding carboxylic acids is 1. The number of benzene rings is 2. The average molecular weight is 411 g/mol. The predicted octanol–water partition coefficient (Wildman–Crippen LogP) is 3.27. The summed E-state index contributed by atoms with van der Waals surface area (Å²) >= 11 is 0. The minimum absolute atomic E-state index is 0.245. The molecule has 3 heterocycles. The topological polar surface area (TPSA) is 91.4 Å². The van der Waals surface area contributed by atoms with Gasteiger partial charge >= 0.3 is 5.97 Å². The minimum Gasteiger partial charge on any atom is -0.462 e. The van der Waals surface area contributed by atoms with Crippen LogP contribution in [-0.2, 0) is 4.74 Å². The van der Waals surface area contributed by atoms with Crippen LogP contribution >= 0.6 is 0 Å². The van der Waals surface area contributed by atoms with Gasteiger partial charge in [0.2, 0.25) is 0 Å². The first kappa shape index (κ1) is 18.7. The zero-order valence-electron chi connectivity index (χ0n) is 16.6. The third kappa shape index (κ3) is 3.14. The first-order valence-corrected chi connectivity index (χ1v) is 9.75. The van der Waals surface area contributed by atoms with Gasteiger partial charge in [0.15, 0.2) is 0 Å². The maximum Gasteiger partial charge on any atom is 0.338 e. The van der Waals surface area contributed by atoms with E-state index in [2.05, 4.69) is 15.1 Å². The Kier molecular flexibility index (Phi) is 4.51. The molecular formula is C23H17N5O3. The molecule has 0 amide bonds. The molecule has 8 heteroatoms.